The number of ether oxygens (including phenoxy) is 1. The van der Waals surface area contributed by atoms with Gasteiger partial charge in [-0.15, -0.1) is 0 Å². The highest BCUT2D eigenvalue weighted by Crippen LogP contribution is 2.26. The van der Waals surface area contributed by atoms with Gasteiger partial charge >= 0.3 is 5.97 Å². The predicted octanol–water partition coefficient (Wildman–Crippen LogP) is 2.90. The first-order valence-corrected chi connectivity index (χ1v) is 4.97. The summed E-state index contributed by atoms with van der Waals surface area (Å²) in [6.07, 6.45) is 0.764. The fraction of sp³-hybridized carbons (Fsp3) is 0.417. The second-order valence-corrected chi connectivity index (χ2v) is 3.66. The number of carbonyl (C=O) groups excluding carboxylic acids is 1. The van der Waals surface area contributed by atoms with Crippen molar-refractivity contribution in [2.24, 2.45) is 0 Å². The van der Waals surface area contributed by atoms with Gasteiger partial charge in [-0.1, -0.05) is 24.3 Å². The van der Waals surface area contributed by atoms with Gasteiger partial charge in [0.05, 0.1) is 7.11 Å². The SMILES string of the molecule is COC(=O)CCc1ccc(C(C)(F)F)cc1. The highest BCUT2D eigenvalue weighted by Gasteiger charge is 2.23. The molecule has 2 nitrogen and oxygen atoms in total. The van der Waals surface area contributed by atoms with Crippen LogP contribution in [0.4, 0.5) is 8.78 Å². The molecule has 0 aliphatic heterocycles. The van der Waals surface area contributed by atoms with Crippen molar-refractivity contribution in [2.45, 2.75) is 25.7 Å². The summed E-state index contributed by atoms with van der Waals surface area (Å²) in [5.74, 6) is -3.12. The van der Waals surface area contributed by atoms with Crippen LogP contribution < -0.4 is 0 Å². The van der Waals surface area contributed by atoms with E-state index in [9.17, 15) is 13.6 Å². The number of rotatable bonds is 4. The summed E-state index contributed by atoms with van der Waals surface area (Å²) in [6, 6.07) is 5.98. The second kappa shape index (κ2) is 5.05. The van der Waals surface area contributed by atoms with Crippen molar-refractivity contribution in [3.8, 4) is 0 Å². The number of hydrogen-bond acceptors (Lipinski definition) is 2. The van der Waals surface area contributed by atoms with Crippen LogP contribution in [0.1, 0.15) is 24.5 Å². The molecular weight excluding hydrogens is 214 g/mol. The molecule has 0 aliphatic rings. The predicted molar refractivity (Wildman–Crippen MR) is 56.3 cm³/mol. The molecule has 0 spiro atoms. The van der Waals surface area contributed by atoms with Crippen molar-refractivity contribution in [2.75, 3.05) is 7.11 Å². The molecule has 0 radical (unpaired) electrons. The van der Waals surface area contributed by atoms with E-state index in [0.29, 0.717) is 6.42 Å². The molecule has 0 N–H and O–H groups in total. The molecule has 0 atom stereocenters. The molecule has 0 saturated heterocycles. The molecule has 16 heavy (non-hydrogen) atoms. The van der Waals surface area contributed by atoms with Crippen LogP contribution >= 0.6 is 0 Å². The molecule has 0 amide bonds. The molecule has 0 aliphatic carbocycles. The van der Waals surface area contributed by atoms with E-state index in [1.165, 1.54) is 19.2 Å². The maximum atomic E-state index is 12.9. The van der Waals surface area contributed by atoms with E-state index >= 15 is 0 Å². The van der Waals surface area contributed by atoms with Gasteiger partial charge in [-0.05, 0) is 12.0 Å². The monoisotopic (exact) mass is 228 g/mol. The van der Waals surface area contributed by atoms with Gasteiger partial charge in [0.1, 0.15) is 0 Å². The topological polar surface area (TPSA) is 26.3 Å². The number of alkyl halides is 2. The van der Waals surface area contributed by atoms with Crippen molar-refractivity contribution in [1.29, 1.82) is 0 Å². The Morgan fingerprint density at radius 1 is 1.31 bits per heavy atom. The zero-order valence-electron chi connectivity index (χ0n) is 9.30. The van der Waals surface area contributed by atoms with Crippen molar-refractivity contribution in [3.63, 3.8) is 0 Å². The number of halogens is 2. The van der Waals surface area contributed by atoms with Gasteiger partial charge in [0.15, 0.2) is 0 Å². The van der Waals surface area contributed by atoms with Crippen LogP contribution in [0.2, 0.25) is 0 Å². The summed E-state index contributed by atoms with van der Waals surface area (Å²) in [6.45, 7) is 0.858. The van der Waals surface area contributed by atoms with Gasteiger partial charge in [-0.2, -0.15) is 0 Å². The lowest BCUT2D eigenvalue weighted by atomic mass is 10.0. The lowest BCUT2D eigenvalue weighted by Gasteiger charge is -2.10. The molecule has 4 heteroatoms. The van der Waals surface area contributed by atoms with Crippen LogP contribution in [0.5, 0.6) is 0 Å². The number of carbonyl (C=O) groups is 1. The first kappa shape index (κ1) is 12.6. The number of hydrogen-bond donors (Lipinski definition) is 0. The van der Waals surface area contributed by atoms with E-state index in [1.807, 2.05) is 0 Å². The third-order valence-corrected chi connectivity index (χ3v) is 2.31. The molecule has 0 fully saturated rings. The third kappa shape index (κ3) is 3.61. The van der Waals surface area contributed by atoms with Crippen LogP contribution in [0.3, 0.4) is 0 Å². The first-order valence-electron chi connectivity index (χ1n) is 4.97. The Labute approximate surface area is 93.2 Å². The van der Waals surface area contributed by atoms with Gasteiger partial charge in [0.2, 0.25) is 0 Å². The largest absolute Gasteiger partial charge is 0.469 e. The lowest BCUT2D eigenvalue weighted by molar-refractivity contribution is -0.140. The van der Waals surface area contributed by atoms with E-state index < -0.39 is 5.92 Å². The van der Waals surface area contributed by atoms with Crippen LogP contribution in [0.15, 0.2) is 24.3 Å². The Morgan fingerprint density at radius 2 is 1.88 bits per heavy atom. The molecule has 1 rings (SSSR count). The summed E-state index contributed by atoms with van der Waals surface area (Å²) in [4.78, 5) is 10.9. The van der Waals surface area contributed by atoms with Crippen LogP contribution in [-0.2, 0) is 21.9 Å². The fourth-order valence-electron chi connectivity index (χ4n) is 1.31. The molecule has 88 valence electrons. The molecular formula is C12H14F2O2. The zero-order chi connectivity index (χ0) is 12.2. The molecule has 0 saturated carbocycles. The van der Waals surface area contributed by atoms with Crippen LogP contribution in [-0.4, -0.2) is 13.1 Å². The van der Waals surface area contributed by atoms with Gasteiger partial charge in [-0.3, -0.25) is 4.79 Å². The lowest BCUT2D eigenvalue weighted by Crippen LogP contribution is -2.07. The van der Waals surface area contributed by atoms with E-state index in [1.54, 1.807) is 12.1 Å². The Balaban J connectivity index is 2.62. The van der Waals surface area contributed by atoms with Gasteiger partial charge in [0.25, 0.3) is 5.92 Å². The zero-order valence-corrected chi connectivity index (χ0v) is 9.30. The second-order valence-electron chi connectivity index (χ2n) is 3.66. The van der Waals surface area contributed by atoms with Gasteiger partial charge in [-0.25, -0.2) is 8.78 Å². The molecule has 0 aromatic heterocycles. The smallest absolute Gasteiger partial charge is 0.305 e. The van der Waals surface area contributed by atoms with Gasteiger partial charge in [0, 0.05) is 18.9 Å². The number of aryl methyl sites for hydroxylation is 1. The maximum absolute atomic E-state index is 12.9. The summed E-state index contributed by atoms with van der Waals surface area (Å²) in [5, 5.41) is 0. The highest BCUT2D eigenvalue weighted by molar-refractivity contribution is 5.69. The average molecular weight is 228 g/mol. The normalized spacial score (nSPS) is 11.2. The van der Waals surface area contributed by atoms with E-state index in [2.05, 4.69) is 4.74 Å². The maximum Gasteiger partial charge on any atom is 0.305 e. The van der Waals surface area contributed by atoms with Gasteiger partial charge < -0.3 is 4.74 Å². The Kier molecular flexibility index (Phi) is 3.99. The van der Waals surface area contributed by atoms with Crippen molar-refractivity contribution >= 4 is 5.97 Å². The summed E-state index contributed by atoms with van der Waals surface area (Å²) in [5.41, 5.74) is 0.827. The molecule has 0 bridgehead atoms. The minimum Gasteiger partial charge on any atom is -0.469 e. The summed E-state index contributed by atoms with van der Waals surface area (Å²) >= 11 is 0. The molecule has 0 unspecified atom stereocenters. The molecule has 1 aromatic carbocycles. The number of benzene rings is 1. The summed E-state index contributed by atoms with van der Waals surface area (Å²) < 4.78 is 30.3. The molecule has 0 heterocycles. The summed E-state index contributed by atoms with van der Waals surface area (Å²) in [7, 11) is 1.32. The Hall–Kier alpha value is -1.45. The Morgan fingerprint density at radius 3 is 2.31 bits per heavy atom. The van der Waals surface area contributed by atoms with E-state index in [4.69, 9.17) is 0 Å². The van der Waals surface area contributed by atoms with Crippen molar-refractivity contribution < 1.29 is 18.3 Å². The minimum absolute atomic E-state index is 0.0191. The Bertz CT molecular complexity index is 352. The average Bonchev–Trinajstić information content (AvgIpc) is 2.25. The first-order chi connectivity index (χ1) is 7.43. The van der Waals surface area contributed by atoms with Crippen molar-refractivity contribution in [1.82, 2.24) is 0 Å². The van der Waals surface area contributed by atoms with Crippen molar-refractivity contribution in [3.05, 3.63) is 35.4 Å². The highest BCUT2D eigenvalue weighted by atomic mass is 19.3. The standard InChI is InChI=1S/C12H14F2O2/c1-12(13,14)10-6-3-9(4-7-10)5-8-11(15)16-2/h3-4,6-7H,5,8H2,1-2H3. The van der Waals surface area contributed by atoms with Crippen LogP contribution in [0, 0.1) is 0 Å². The van der Waals surface area contributed by atoms with E-state index in [0.717, 1.165) is 12.5 Å². The molecule has 1 aromatic rings. The number of methoxy groups -OCH3 is 1. The number of esters is 1. The third-order valence-electron chi connectivity index (χ3n) is 2.31. The minimum atomic E-state index is -2.82. The van der Waals surface area contributed by atoms with Crippen LogP contribution in [0.25, 0.3) is 0 Å². The quantitative estimate of drug-likeness (QED) is 0.741. The van der Waals surface area contributed by atoms with E-state index in [-0.39, 0.29) is 18.0 Å². The fourth-order valence-corrected chi connectivity index (χ4v) is 1.31.